The van der Waals surface area contributed by atoms with E-state index in [9.17, 15) is 9.18 Å². The number of nitrogens with zero attached hydrogens (tertiary/aromatic N) is 3. The summed E-state index contributed by atoms with van der Waals surface area (Å²) in [6.45, 7) is 0.405. The van der Waals surface area contributed by atoms with Crippen LogP contribution < -0.4 is 5.32 Å². The third-order valence-corrected chi connectivity index (χ3v) is 4.77. The monoisotopic (exact) mass is 360 g/mol. The first kappa shape index (κ1) is 18.5. The van der Waals surface area contributed by atoms with Crippen LogP contribution in [0.25, 0.3) is 0 Å². The van der Waals surface area contributed by atoms with Crippen LogP contribution in [-0.4, -0.2) is 41.6 Å². The van der Waals surface area contributed by atoms with E-state index in [2.05, 4.69) is 15.5 Å². The number of hydrogen-bond donors (Lipinski definition) is 1. The highest BCUT2D eigenvalue weighted by Crippen LogP contribution is 2.32. The number of likely N-dealkylation sites (N-methyl/N-ethyl adjacent to an activating group) is 1. The third-order valence-electron chi connectivity index (χ3n) is 4.77. The van der Waals surface area contributed by atoms with Crippen LogP contribution >= 0.6 is 0 Å². The Morgan fingerprint density at radius 3 is 2.85 bits per heavy atom. The third kappa shape index (κ3) is 4.46. The van der Waals surface area contributed by atoms with Crippen LogP contribution in [-0.2, 0) is 11.2 Å². The SMILES string of the molecule is CN(C)[C@H](C(=O)NCCc1noc(C2CCCC2)n1)c1cccc(F)c1. The topological polar surface area (TPSA) is 71.3 Å². The first-order chi connectivity index (χ1) is 12.5. The number of carbonyl (C=O) groups excluding carboxylic acids is 1. The molecule has 1 aromatic heterocycles. The Morgan fingerprint density at radius 1 is 1.38 bits per heavy atom. The summed E-state index contributed by atoms with van der Waals surface area (Å²) in [5.74, 6) is 1.18. The maximum absolute atomic E-state index is 13.5. The van der Waals surface area contributed by atoms with Gasteiger partial charge >= 0.3 is 0 Å². The van der Waals surface area contributed by atoms with Gasteiger partial charge in [0.05, 0.1) is 0 Å². The Labute approximate surface area is 152 Å². The molecule has 1 aliphatic rings. The first-order valence-corrected chi connectivity index (χ1v) is 9.06. The van der Waals surface area contributed by atoms with Crippen LogP contribution in [0.2, 0.25) is 0 Å². The van der Waals surface area contributed by atoms with Crippen molar-refractivity contribution in [1.29, 1.82) is 0 Å². The van der Waals surface area contributed by atoms with E-state index in [1.807, 2.05) is 0 Å². The zero-order valence-electron chi connectivity index (χ0n) is 15.2. The highest BCUT2D eigenvalue weighted by Gasteiger charge is 2.24. The molecule has 6 nitrogen and oxygen atoms in total. The average Bonchev–Trinajstić information content (AvgIpc) is 3.26. The summed E-state index contributed by atoms with van der Waals surface area (Å²) in [7, 11) is 3.59. The van der Waals surface area contributed by atoms with Crippen molar-refractivity contribution in [2.75, 3.05) is 20.6 Å². The fraction of sp³-hybridized carbons (Fsp3) is 0.526. The van der Waals surface area contributed by atoms with Gasteiger partial charge in [0.15, 0.2) is 5.82 Å². The van der Waals surface area contributed by atoms with E-state index in [0.717, 1.165) is 18.7 Å². The Hall–Kier alpha value is -2.28. The van der Waals surface area contributed by atoms with E-state index in [4.69, 9.17) is 4.52 Å². The van der Waals surface area contributed by atoms with E-state index in [0.29, 0.717) is 30.3 Å². The number of carbonyl (C=O) groups is 1. The van der Waals surface area contributed by atoms with Gasteiger partial charge in [-0.2, -0.15) is 4.98 Å². The maximum atomic E-state index is 13.5. The number of aromatic nitrogens is 2. The second-order valence-corrected chi connectivity index (χ2v) is 6.99. The van der Waals surface area contributed by atoms with Crippen LogP contribution in [0.4, 0.5) is 4.39 Å². The minimum atomic E-state index is -0.551. The van der Waals surface area contributed by atoms with Crippen molar-refractivity contribution in [2.24, 2.45) is 0 Å². The van der Waals surface area contributed by atoms with Crippen LogP contribution in [0.5, 0.6) is 0 Å². The molecule has 1 aliphatic carbocycles. The summed E-state index contributed by atoms with van der Waals surface area (Å²) in [5.41, 5.74) is 0.621. The fourth-order valence-electron chi connectivity index (χ4n) is 3.46. The molecule has 26 heavy (non-hydrogen) atoms. The molecule has 1 N–H and O–H groups in total. The zero-order chi connectivity index (χ0) is 18.5. The summed E-state index contributed by atoms with van der Waals surface area (Å²) >= 11 is 0. The van der Waals surface area contributed by atoms with Gasteiger partial charge in [-0.15, -0.1) is 0 Å². The first-order valence-electron chi connectivity index (χ1n) is 9.06. The van der Waals surface area contributed by atoms with Crippen molar-refractivity contribution >= 4 is 5.91 Å². The van der Waals surface area contributed by atoms with Crippen molar-refractivity contribution in [3.8, 4) is 0 Å². The normalized spacial score (nSPS) is 16.2. The minimum Gasteiger partial charge on any atom is -0.354 e. The molecule has 140 valence electrons. The van der Waals surface area contributed by atoms with Gasteiger partial charge in [0.25, 0.3) is 0 Å². The number of rotatable bonds is 7. The van der Waals surface area contributed by atoms with E-state index in [-0.39, 0.29) is 11.7 Å². The van der Waals surface area contributed by atoms with Gasteiger partial charge in [0, 0.05) is 18.9 Å². The standard InChI is InChI=1S/C19H25FN4O2/c1-24(2)17(14-8-5-9-15(20)12-14)18(25)21-11-10-16-22-19(26-23-16)13-6-3-4-7-13/h5,8-9,12-13,17H,3-4,6-7,10-11H2,1-2H3,(H,21,25)/t17-/m0/s1. The molecule has 2 aromatic rings. The number of amides is 1. The molecular formula is C19H25FN4O2. The lowest BCUT2D eigenvalue weighted by Crippen LogP contribution is -2.38. The van der Waals surface area contributed by atoms with Gasteiger partial charge in [0.1, 0.15) is 11.9 Å². The highest BCUT2D eigenvalue weighted by atomic mass is 19.1. The number of nitrogens with one attached hydrogen (secondary N) is 1. The summed E-state index contributed by atoms with van der Waals surface area (Å²) < 4.78 is 18.8. The molecule has 0 aliphatic heterocycles. The van der Waals surface area contributed by atoms with Crippen molar-refractivity contribution < 1.29 is 13.7 Å². The molecule has 1 fully saturated rings. The predicted octanol–water partition coefficient (Wildman–Crippen LogP) is 2.83. The number of halogens is 1. The highest BCUT2D eigenvalue weighted by molar-refractivity contribution is 5.83. The number of benzene rings is 1. The maximum Gasteiger partial charge on any atom is 0.241 e. The summed E-state index contributed by atoms with van der Waals surface area (Å²) in [6.07, 6.45) is 5.15. The fourth-order valence-corrected chi connectivity index (χ4v) is 3.46. The molecule has 1 aromatic carbocycles. The van der Waals surface area contributed by atoms with Gasteiger partial charge in [-0.1, -0.05) is 30.1 Å². The molecule has 0 bridgehead atoms. The Balaban J connectivity index is 1.55. The van der Waals surface area contributed by atoms with Crippen LogP contribution in [0.1, 0.15) is 54.9 Å². The van der Waals surface area contributed by atoms with Crippen LogP contribution in [0, 0.1) is 5.82 Å². The molecule has 1 heterocycles. The molecular weight excluding hydrogens is 335 g/mol. The van der Waals surface area contributed by atoms with Gasteiger partial charge in [0.2, 0.25) is 11.8 Å². The average molecular weight is 360 g/mol. The smallest absolute Gasteiger partial charge is 0.241 e. The zero-order valence-corrected chi connectivity index (χ0v) is 15.2. The lowest BCUT2D eigenvalue weighted by atomic mass is 10.1. The second-order valence-electron chi connectivity index (χ2n) is 6.99. The van der Waals surface area contributed by atoms with E-state index in [1.165, 1.54) is 25.0 Å². The molecule has 7 heteroatoms. The van der Waals surface area contributed by atoms with Crippen molar-refractivity contribution in [3.05, 3.63) is 47.4 Å². The van der Waals surface area contributed by atoms with Crippen molar-refractivity contribution in [1.82, 2.24) is 20.4 Å². The quantitative estimate of drug-likeness (QED) is 0.822. The number of hydrogen-bond acceptors (Lipinski definition) is 5. The Bertz CT molecular complexity index is 741. The molecule has 0 saturated heterocycles. The summed E-state index contributed by atoms with van der Waals surface area (Å²) in [6, 6.07) is 5.56. The predicted molar refractivity (Wildman–Crippen MR) is 95.0 cm³/mol. The van der Waals surface area contributed by atoms with Gasteiger partial charge in [-0.3, -0.25) is 9.69 Å². The van der Waals surface area contributed by atoms with Crippen molar-refractivity contribution in [2.45, 2.75) is 44.1 Å². The minimum absolute atomic E-state index is 0.180. The van der Waals surface area contributed by atoms with Gasteiger partial charge in [-0.25, -0.2) is 4.39 Å². The van der Waals surface area contributed by atoms with E-state index in [1.54, 1.807) is 31.1 Å². The van der Waals surface area contributed by atoms with E-state index < -0.39 is 6.04 Å². The molecule has 1 atom stereocenters. The van der Waals surface area contributed by atoms with Crippen LogP contribution in [0.3, 0.4) is 0 Å². The lowest BCUT2D eigenvalue weighted by molar-refractivity contribution is -0.125. The molecule has 0 radical (unpaired) electrons. The molecule has 0 unspecified atom stereocenters. The van der Waals surface area contributed by atoms with Gasteiger partial charge < -0.3 is 9.84 Å². The Kier molecular flexibility index (Phi) is 5.98. The summed E-state index contributed by atoms with van der Waals surface area (Å²) in [4.78, 5) is 18.8. The summed E-state index contributed by atoms with van der Waals surface area (Å²) in [5, 5.41) is 6.89. The van der Waals surface area contributed by atoms with Crippen LogP contribution in [0.15, 0.2) is 28.8 Å². The lowest BCUT2D eigenvalue weighted by Gasteiger charge is -2.23. The van der Waals surface area contributed by atoms with Gasteiger partial charge in [-0.05, 0) is 44.6 Å². The molecule has 3 rings (SSSR count). The molecule has 1 saturated carbocycles. The molecule has 1 amide bonds. The second kappa shape index (κ2) is 8.40. The largest absolute Gasteiger partial charge is 0.354 e. The van der Waals surface area contributed by atoms with E-state index >= 15 is 0 Å². The molecule has 0 spiro atoms. The Morgan fingerprint density at radius 2 is 2.15 bits per heavy atom. The van der Waals surface area contributed by atoms with Crippen molar-refractivity contribution in [3.63, 3.8) is 0 Å².